The van der Waals surface area contributed by atoms with Gasteiger partial charge in [-0.1, -0.05) is 6.92 Å². The first-order valence-corrected chi connectivity index (χ1v) is 5.44. The van der Waals surface area contributed by atoms with E-state index in [9.17, 15) is 18.3 Å². The number of ether oxygens (including phenoxy) is 1. The minimum absolute atomic E-state index is 0.0957. The van der Waals surface area contributed by atoms with Crippen molar-refractivity contribution < 1.29 is 23.0 Å². The van der Waals surface area contributed by atoms with Crippen LogP contribution in [0, 0.1) is 5.92 Å². The summed E-state index contributed by atoms with van der Waals surface area (Å²) in [4.78, 5) is 0. The van der Waals surface area contributed by atoms with Crippen LogP contribution in [0.25, 0.3) is 0 Å². The number of alkyl halides is 3. The van der Waals surface area contributed by atoms with Gasteiger partial charge in [-0.05, 0) is 25.3 Å². The molecule has 0 aromatic carbocycles. The Bertz CT molecular complexity index is 219. The average molecular weight is 241 g/mol. The van der Waals surface area contributed by atoms with E-state index in [-0.39, 0.29) is 19.1 Å². The molecule has 96 valence electrons. The van der Waals surface area contributed by atoms with Crippen LogP contribution in [-0.2, 0) is 4.74 Å². The molecule has 1 saturated carbocycles. The van der Waals surface area contributed by atoms with Crippen LogP contribution in [0.1, 0.15) is 19.8 Å². The van der Waals surface area contributed by atoms with Gasteiger partial charge >= 0.3 is 6.18 Å². The van der Waals surface area contributed by atoms with Crippen LogP contribution in [0.2, 0.25) is 0 Å². The molecular weight excluding hydrogens is 223 g/mol. The molecule has 0 amide bonds. The Labute approximate surface area is 93.0 Å². The molecule has 16 heavy (non-hydrogen) atoms. The normalized spacial score (nSPS) is 20.8. The number of likely N-dealkylation sites (N-methyl/N-ethyl adjacent to an activating group) is 1. The monoisotopic (exact) mass is 241 g/mol. The summed E-state index contributed by atoms with van der Waals surface area (Å²) < 4.78 is 40.4. The van der Waals surface area contributed by atoms with E-state index in [0.29, 0.717) is 6.54 Å². The van der Waals surface area contributed by atoms with Gasteiger partial charge in [0.05, 0.1) is 18.8 Å². The lowest BCUT2D eigenvalue weighted by molar-refractivity contribution is -0.180. The van der Waals surface area contributed by atoms with E-state index in [1.807, 2.05) is 6.92 Å². The second-order valence-electron chi connectivity index (χ2n) is 4.23. The Hall–Kier alpha value is -0.330. The summed E-state index contributed by atoms with van der Waals surface area (Å²) >= 11 is 0. The molecule has 1 aliphatic rings. The highest BCUT2D eigenvalue weighted by molar-refractivity contribution is 5.00. The predicted molar refractivity (Wildman–Crippen MR) is 53.1 cm³/mol. The van der Waals surface area contributed by atoms with Gasteiger partial charge in [0.25, 0.3) is 0 Å². The highest BCUT2D eigenvalue weighted by Gasteiger charge is 2.45. The van der Waals surface area contributed by atoms with Gasteiger partial charge in [-0.15, -0.1) is 0 Å². The maximum Gasteiger partial charge on any atom is 0.411 e. The molecule has 0 bridgehead atoms. The highest BCUT2D eigenvalue weighted by Crippen LogP contribution is 2.39. The van der Waals surface area contributed by atoms with Crippen LogP contribution >= 0.6 is 0 Å². The van der Waals surface area contributed by atoms with Crippen molar-refractivity contribution in [2.24, 2.45) is 5.92 Å². The van der Waals surface area contributed by atoms with E-state index in [1.54, 1.807) is 0 Å². The van der Waals surface area contributed by atoms with Crippen molar-refractivity contribution in [2.45, 2.75) is 31.5 Å². The lowest BCUT2D eigenvalue weighted by atomic mass is 9.95. The van der Waals surface area contributed by atoms with E-state index in [4.69, 9.17) is 0 Å². The molecule has 1 fully saturated rings. The summed E-state index contributed by atoms with van der Waals surface area (Å²) in [5.74, 6) is 0.227. The molecule has 0 aliphatic heterocycles. The Morgan fingerprint density at radius 3 is 2.31 bits per heavy atom. The molecule has 0 saturated heterocycles. The Kier molecular flexibility index (Phi) is 4.58. The predicted octanol–water partition coefficient (Wildman–Crippen LogP) is 1.32. The number of hydrogen-bond acceptors (Lipinski definition) is 3. The summed E-state index contributed by atoms with van der Waals surface area (Å²) in [7, 11) is 0. The lowest BCUT2D eigenvalue weighted by Gasteiger charge is -2.33. The molecular formula is C10H18F3NO2. The Morgan fingerprint density at radius 1 is 1.31 bits per heavy atom. The first-order valence-electron chi connectivity index (χ1n) is 5.44. The van der Waals surface area contributed by atoms with Gasteiger partial charge in [0.1, 0.15) is 6.61 Å². The summed E-state index contributed by atoms with van der Waals surface area (Å²) in [5.41, 5.74) is -0.694. The van der Waals surface area contributed by atoms with Gasteiger partial charge in [0.15, 0.2) is 0 Å². The van der Waals surface area contributed by atoms with Crippen molar-refractivity contribution in [3.8, 4) is 0 Å². The first-order chi connectivity index (χ1) is 7.43. The fourth-order valence-electron chi connectivity index (χ4n) is 1.88. The summed E-state index contributed by atoms with van der Waals surface area (Å²) in [5, 5.41) is 12.4. The van der Waals surface area contributed by atoms with Crippen LogP contribution in [0.3, 0.4) is 0 Å². The topological polar surface area (TPSA) is 41.5 Å². The maximum absolute atomic E-state index is 11.9. The summed E-state index contributed by atoms with van der Waals surface area (Å²) in [6.45, 7) is 0.917. The zero-order valence-corrected chi connectivity index (χ0v) is 9.31. The molecule has 0 aromatic heterocycles. The minimum atomic E-state index is -4.31. The maximum atomic E-state index is 11.9. The smallest absolute Gasteiger partial charge is 0.394 e. The SMILES string of the molecule is CCNC(CO)(COCC(F)(F)F)C1CC1. The molecule has 0 aromatic rings. The largest absolute Gasteiger partial charge is 0.411 e. The van der Waals surface area contributed by atoms with Crippen molar-refractivity contribution >= 4 is 0 Å². The fourth-order valence-corrected chi connectivity index (χ4v) is 1.88. The molecule has 0 spiro atoms. The van der Waals surface area contributed by atoms with E-state index in [0.717, 1.165) is 12.8 Å². The molecule has 1 unspecified atom stereocenters. The van der Waals surface area contributed by atoms with E-state index in [1.165, 1.54) is 0 Å². The van der Waals surface area contributed by atoms with E-state index >= 15 is 0 Å². The molecule has 1 rings (SSSR count). The van der Waals surface area contributed by atoms with Crippen LogP contribution < -0.4 is 5.32 Å². The first kappa shape index (κ1) is 13.7. The molecule has 3 nitrogen and oxygen atoms in total. The second-order valence-corrected chi connectivity index (χ2v) is 4.23. The van der Waals surface area contributed by atoms with Crippen molar-refractivity contribution in [2.75, 3.05) is 26.4 Å². The van der Waals surface area contributed by atoms with Crippen molar-refractivity contribution in [1.29, 1.82) is 0 Å². The quantitative estimate of drug-likeness (QED) is 0.706. The number of rotatable bonds is 7. The fraction of sp³-hybridized carbons (Fsp3) is 1.00. The number of aliphatic hydroxyl groups is 1. The average Bonchev–Trinajstić information content (AvgIpc) is 2.98. The molecule has 0 radical (unpaired) electrons. The van der Waals surface area contributed by atoms with E-state index in [2.05, 4.69) is 10.1 Å². The third-order valence-electron chi connectivity index (χ3n) is 2.80. The van der Waals surface area contributed by atoms with Crippen molar-refractivity contribution in [1.82, 2.24) is 5.32 Å². The molecule has 6 heteroatoms. The van der Waals surface area contributed by atoms with Crippen LogP contribution in [0.15, 0.2) is 0 Å². The Morgan fingerprint density at radius 2 is 1.94 bits per heavy atom. The van der Waals surface area contributed by atoms with Gasteiger partial charge in [0, 0.05) is 0 Å². The van der Waals surface area contributed by atoms with Crippen LogP contribution in [0.4, 0.5) is 13.2 Å². The van der Waals surface area contributed by atoms with Crippen LogP contribution in [0.5, 0.6) is 0 Å². The van der Waals surface area contributed by atoms with Crippen LogP contribution in [-0.4, -0.2) is 43.2 Å². The molecule has 2 N–H and O–H groups in total. The van der Waals surface area contributed by atoms with Gasteiger partial charge in [-0.25, -0.2) is 0 Å². The number of aliphatic hydroxyl groups excluding tert-OH is 1. The third kappa shape index (κ3) is 3.92. The van der Waals surface area contributed by atoms with Gasteiger partial charge in [-0.2, -0.15) is 13.2 Å². The van der Waals surface area contributed by atoms with Gasteiger partial charge in [-0.3, -0.25) is 0 Å². The number of hydrogen-bond donors (Lipinski definition) is 2. The minimum Gasteiger partial charge on any atom is -0.394 e. The molecule has 1 aliphatic carbocycles. The lowest BCUT2D eigenvalue weighted by Crippen LogP contribution is -2.54. The summed E-state index contributed by atoms with van der Waals surface area (Å²) in [6.07, 6.45) is -2.44. The zero-order valence-electron chi connectivity index (χ0n) is 9.31. The third-order valence-corrected chi connectivity index (χ3v) is 2.80. The van der Waals surface area contributed by atoms with Crippen molar-refractivity contribution in [3.05, 3.63) is 0 Å². The van der Waals surface area contributed by atoms with Crippen molar-refractivity contribution in [3.63, 3.8) is 0 Å². The van der Waals surface area contributed by atoms with Gasteiger partial charge in [0.2, 0.25) is 0 Å². The number of nitrogens with one attached hydrogen (secondary N) is 1. The standard InChI is InChI=1S/C10H18F3NO2/c1-2-14-9(5-15,8-3-4-8)6-16-7-10(11,12)13/h8,14-15H,2-7H2,1H3. The highest BCUT2D eigenvalue weighted by atomic mass is 19.4. The second kappa shape index (κ2) is 5.33. The van der Waals surface area contributed by atoms with Gasteiger partial charge < -0.3 is 15.2 Å². The molecule has 0 heterocycles. The number of halogens is 3. The zero-order chi connectivity index (χ0) is 12.2. The summed E-state index contributed by atoms with van der Waals surface area (Å²) in [6, 6.07) is 0. The molecule has 1 atom stereocenters. The van der Waals surface area contributed by atoms with E-state index < -0.39 is 18.3 Å². The Balaban J connectivity index is 2.43.